The van der Waals surface area contributed by atoms with Crippen molar-refractivity contribution in [2.24, 2.45) is 0 Å². The molecule has 0 radical (unpaired) electrons. The van der Waals surface area contributed by atoms with Crippen LogP contribution in [0.3, 0.4) is 0 Å². The molecule has 0 unspecified atom stereocenters. The Labute approximate surface area is 115 Å². The minimum Gasteiger partial charge on any atom is -0.476 e. The van der Waals surface area contributed by atoms with Crippen LogP contribution in [0.4, 0.5) is 18.3 Å². The first-order valence-electron chi connectivity index (χ1n) is 5.45. The number of thiazole rings is 1. The van der Waals surface area contributed by atoms with Gasteiger partial charge in [0.15, 0.2) is 10.8 Å². The molecule has 2 aromatic rings. The molecule has 0 aliphatic carbocycles. The number of aromatic carboxylic acids is 1. The van der Waals surface area contributed by atoms with Crippen molar-refractivity contribution < 1.29 is 23.1 Å². The van der Waals surface area contributed by atoms with Gasteiger partial charge >= 0.3 is 12.1 Å². The monoisotopic (exact) mass is 302 g/mol. The van der Waals surface area contributed by atoms with Crippen molar-refractivity contribution in [3.05, 3.63) is 46.5 Å². The van der Waals surface area contributed by atoms with E-state index in [0.29, 0.717) is 0 Å². The minimum absolute atomic E-state index is 0.0760. The van der Waals surface area contributed by atoms with E-state index < -0.39 is 17.7 Å². The van der Waals surface area contributed by atoms with Crippen LogP contribution in [0.1, 0.15) is 21.6 Å². The number of hydrogen-bond acceptors (Lipinski definition) is 4. The SMILES string of the molecule is O=C(O)c1csc(NCc2ccccc2C(F)(F)F)n1. The summed E-state index contributed by atoms with van der Waals surface area (Å²) in [4.78, 5) is 14.4. The number of anilines is 1. The van der Waals surface area contributed by atoms with Gasteiger partial charge in [-0.1, -0.05) is 18.2 Å². The molecule has 0 aliphatic heterocycles. The predicted molar refractivity (Wildman–Crippen MR) is 67.8 cm³/mol. The maximum atomic E-state index is 12.8. The Morgan fingerprint density at radius 3 is 2.65 bits per heavy atom. The maximum Gasteiger partial charge on any atom is 0.416 e. The third-order valence-corrected chi connectivity index (χ3v) is 3.28. The summed E-state index contributed by atoms with van der Waals surface area (Å²) < 4.78 is 38.3. The first kappa shape index (κ1) is 14.3. The fraction of sp³-hybridized carbons (Fsp3) is 0.167. The summed E-state index contributed by atoms with van der Waals surface area (Å²) in [5, 5.41) is 13.0. The molecular weight excluding hydrogens is 293 g/mol. The Bertz CT molecular complexity index is 625. The number of carboxylic acids is 1. The Hall–Kier alpha value is -2.09. The summed E-state index contributed by atoms with van der Waals surface area (Å²) in [5.74, 6) is -1.18. The lowest BCUT2D eigenvalue weighted by Crippen LogP contribution is -2.11. The smallest absolute Gasteiger partial charge is 0.416 e. The quantitative estimate of drug-likeness (QED) is 0.907. The van der Waals surface area contributed by atoms with Crippen LogP contribution in [-0.4, -0.2) is 16.1 Å². The van der Waals surface area contributed by atoms with Gasteiger partial charge in [-0.2, -0.15) is 13.2 Å². The second-order valence-electron chi connectivity index (χ2n) is 3.85. The highest BCUT2D eigenvalue weighted by Crippen LogP contribution is 2.32. The standard InChI is InChI=1S/C12H9F3N2O2S/c13-12(14,15)8-4-2-1-3-7(8)5-16-11-17-9(6-20-11)10(18)19/h1-4,6H,5H2,(H,16,17)(H,18,19). The molecule has 1 aromatic heterocycles. The van der Waals surface area contributed by atoms with E-state index in [-0.39, 0.29) is 22.9 Å². The van der Waals surface area contributed by atoms with E-state index in [2.05, 4.69) is 10.3 Å². The highest BCUT2D eigenvalue weighted by molar-refractivity contribution is 7.13. The third kappa shape index (κ3) is 3.27. The number of carboxylic acid groups (broad SMARTS) is 1. The molecule has 2 rings (SSSR count). The molecular formula is C12H9F3N2O2S. The lowest BCUT2D eigenvalue weighted by Gasteiger charge is -2.12. The van der Waals surface area contributed by atoms with E-state index >= 15 is 0 Å². The fourth-order valence-electron chi connectivity index (χ4n) is 1.58. The number of benzene rings is 1. The van der Waals surface area contributed by atoms with Gasteiger partial charge in [-0.3, -0.25) is 0 Å². The Kier molecular flexibility index (Phi) is 3.93. The number of rotatable bonds is 4. The second kappa shape index (κ2) is 5.49. The van der Waals surface area contributed by atoms with Gasteiger partial charge in [0, 0.05) is 11.9 Å². The van der Waals surface area contributed by atoms with Crippen LogP contribution in [0.2, 0.25) is 0 Å². The predicted octanol–water partition coefficient (Wildman–Crippen LogP) is 3.47. The molecule has 0 bridgehead atoms. The van der Waals surface area contributed by atoms with Crippen LogP contribution in [0.15, 0.2) is 29.6 Å². The second-order valence-corrected chi connectivity index (χ2v) is 4.71. The van der Waals surface area contributed by atoms with E-state index in [1.807, 2.05) is 0 Å². The van der Waals surface area contributed by atoms with Gasteiger partial charge in [-0.05, 0) is 11.6 Å². The van der Waals surface area contributed by atoms with Crippen LogP contribution in [0.5, 0.6) is 0 Å². The average Bonchev–Trinajstić information content (AvgIpc) is 2.84. The van der Waals surface area contributed by atoms with Crippen molar-refractivity contribution in [2.45, 2.75) is 12.7 Å². The van der Waals surface area contributed by atoms with E-state index in [4.69, 9.17) is 5.11 Å². The summed E-state index contributed by atoms with van der Waals surface area (Å²) in [6.07, 6.45) is -4.42. The molecule has 8 heteroatoms. The van der Waals surface area contributed by atoms with E-state index in [0.717, 1.165) is 17.4 Å². The topological polar surface area (TPSA) is 62.2 Å². The molecule has 0 saturated carbocycles. The Morgan fingerprint density at radius 2 is 2.05 bits per heavy atom. The molecule has 0 amide bonds. The van der Waals surface area contributed by atoms with Crippen LogP contribution >= 0.6 is 11.3 Å². The number of carbonyl (C=O) groups is 1. The number of halogens is 3. The first-order chi connectivity index (χ1) is 9.38. The number of aromatic nitrogens is 1. The lowest BCUT2D eigenvalue weighted by atomic mass is 10.1. The highest BCUT2D eigenvalue weighted by Gasteiger charge is 2.32. The van der Waals surface area contributed by atoms with Crippen molar-refractivity contribution >= 4 is 22.4 Å². The number of alkyl halides is 3. The summed E-state index contributed by atoms with van der Waals surface area (Å²) in [6, 6.07) is 5.19. The van der Waals surface area contributed by atoms with E-state index in [1.54, 1.807) is 0 Å². The lowest BCUT2D eigenvalue weighted by molar-refractivity contribution is -0.138. The van der Waals surface area contributed by atoms with E-state index in [1.165, 1.54) is 23.6 Å². The molecule has 0 atom stereocenters. The fourth-order valence-corrected chi connectivity index (χ4v) is 2.26. The van der Waals surface area contributed by atoms with Gasteiger partial charge in [0.25, 0.3) is 0 Å². The molecule has 2 N–H and O–H groups in total. The normalized spacial score (nSPS) is 11.3. The number of nitrogens with zero attached hydrogens (tertiary/aromatic N) is 1. The van der Waals surface area contributed by atoms with E-state index in [9.17, 15) is 18.0 Å². The molecule has 0 aliphatic rings. The molecule has 1 aromatic carbocycles. The molecule has 0 saturated heterocycles. The zero-order valence-corrected chi connectivity index (χ0v) is 10.8. The van der Waals surface area contributed by atoms with Gasteiger partial charge in [0.1, 0.15) is 0 Å². The summed E-state index contributed by atoms with van der Waals surface area (Å²) in [7, 11) is 0. The van der Waals surface area contributed by atoms with Gasteiger partial charge in [0.05, 0.1) is 5.56 Å². The van der Waals surface area contributed by atoms with Crippen LogP contribution < -0.4 is 5.32 Å². The first-order valence-corrected chi connectivity index (χ1v) is 6.33. The zero-order valence-electron chi connectivity index (χ0n) is 9.94. The zero-order chi connectivity index (χ0) is 14.8. The van der Waals surface area contributed by atoms with Crippen molar-refractivity contribution in [3.8, 4) is 0 Å². The van der Waals surface area contributed by atoms with Crippen LogP contribution in [0, 0.1) is 0 Å². The number of hydrogen-bond donors (Lipinski definition) is 2. The highest BCUT2D eigenvalue weighted by atomic mass is 32.1. The molecule has 0 spiro atoms. The molecule has 4 nitrogen and oxygen atoms in total. The summed E-state index contributed by atoms with van der Waals surface area (Å²) >= 11 is 1.03. The third-order valence-electron chi connectivity index (χ3n) is 2.48. The summed E-state index contributed by atoms with van der Waals surface area (Å²) in [5.41, 5.74) is -0.781. The van der Waals surface area contributed by atoms with Gasteiger partial charge in [0.2, 0.25) is 0 Å². The summed E-state index contributed by atoms with van der Waals surface area (Å²) in [6.45, 7) is -0.0811. The van der Waals surface area contributed by atoms with Crippen molar-refractivity contribution in [1.82, 2.24) is 4.98 Å². The largest absolute Gasteiger partial charge is 0.476 e. The van der Waals surface area contributed by atoms with Crippen molar-refractivity contribution in [1.29, 1.82) is 0 Å². The Morgan fingerprint density at radius 1 is 1.35 bits per heavy atom. The average molecular weight is 302 g/mol. The van der Waals surface area contributed by atoms with Gasteiger partial charge in [-0.15, -0.1) is 11.3 Å². The van der Waals surface area contributed by atoms with Gasteiger partial charge in [-0.25, -0.2) is 9.78 Å². The molecule has 1 heterocycles. The minimum atomic E-state index is -4.42. The van der Waals surface area contributed by atoms with Crippen molar-refractivity contribution in [3.63, 3.8) is 0 Å². The molecule has 0 fully saturated rings. The van der Waals surface area contributed by atoms with Crippen molar-refractivity contribution in [2.75, 3.05) is 5.32 Å². The maximum absolute atomic E-state index is 12.8. The van der Waals surface area contributed by atoms with Crippen LogP contribution in [-0.2, 0) is 12.7 Å². The molecule has 106 valence electrons. The Balaban J connectivity index is 2.13. The molecule has 20 heavy (non-hydrogen) atoms. The number of nitrogens with one attached hydrogen (secondary N) is 1. The van der Waals surface area contributed by atoms with Gasteiger partial charge < -0.3 is 10.4 Å². The van der Waals surface area contributed by atoms with Crippen LogP contribution in [0.25, 0.3) is 0 Å².